The maximum Gasteiger partial charge on any atom is 0.0640 e. The lowest BCUT2D eigenvalue weighted by Crippen LogP contribution is -2.41. The number of thioether (sulfide) groups is 2. The average Bonchev–Trinajstić information content (AvgIpc) is 2.81. The molecule has 4 atom stereocenters. The number of hydrogen-bond acceptors (Lipinski definition) is 4. The first-order chi connectivity index (χ1) is 8.97. The van der Waals surface area contributed by atoms with Crippen LogP contribution in [0, 0.1) is 0 Å². The molecule has 1 saturated heterocycles. The first-order valence-electron chi connectivity index (χ1n) is 7.04. The molecular weight excluding hydrogens is 274 g/mol. The summed E-state index contributed by atoms with van der Waals surface area (Å²) < 4.78 is 2.01. The van der Waals surface area contributed by atoms with E-state index < -0.39 is 0 Å². The molecule has 0 saturated carbocycles. The fourth-order valence-corrected chi connectivity index (χ4v) is 5.24. The number of nitrogens with zero attached hydrogens (tertiary/aromatic N) is 2. The van der Waals surface area contributed by atoms with E-state index in [1.165, 1.54) is 5.75 Å². The summed E-state index contributed by atoms with van der Waals surface area (Å²) in [5.74, 6) is 1.17. The number of aromatic nitrogens is 2. The Hall–Kier alpha value is -0.130. The average molecular weight is 300 g/mol. The predicted octanol–water partition coefficient (Wildman–Crippen LogP) is 2.96. The van der Waals surface area contributed by atoms with Crippen molar-refractivity contribution in [3.05, 3.63) is 18.0 Å². The van der Waals surface area contributed by atoms with Gasteiger partial charge in [0.2, 0.25) is 0 Å². The summed E-state index contributed by atoms with van der Waals surface area (Å²) in [6, 6.07) is 2.74. The zero-order valence-electron chi connectivity index (χ0n) is 12.2. The van der Waals surface area contributed by atoms with E-state index in [0.717, 1.165) is 17.4 Å². The van der Waals surface area contributed by atoms with Crippen molar-refractivity contribution in [3.8, 4) is 0 Å². The molecule has 3 nitrogen and oxygen atoms in total. The van der Waals surface area contributed by atoms with Crippen molar-refractivity contribution in [2.24, 2.45) is 5.73 Å². The second-order valence-corrected chi connectivity index (χ2v) is 8.70. The zero-order chi connectivity index (χ0) is 14.0. The summed E-state index contributed by atoms with van der Waals surface area (Å²) in [7, 11) is 0. The highest BCUT2D eigenvalue weighted by atomic mass is 32.2. The van der Waals surface area contributed by atoms with Crippen molar-refractivity contribution in [3.63, 3.8) is 0 Å². The molecule has 4 unspecified atom stereocenters. The summed E-state index contributed by atoms with van der Waals surface area (Å²) in [6.45, 7) is 8.92. The maximum absolute atomic E-state index is 6.39. The largest absolute Gasteiger partial charge is 0.326 e. The summed E-state index contributed by atoms with van der Waals surface area (Å²) >= 11 is 4.11. The van der Waals surface area contributed by atoms with Crippen LogP contribution in [0.2, 0.25) is 0 Å². The molecule has 0 aliphatic carbocycles. The van der Waals surface area contributed by atoms with Gasteiger partial charge in [-0.2, -0.15) is 28.6 Å². The van der Waals surface area contributed by atoms with Crippen LogP contribution >= 0.6 is 23.5 Å². The van der Waals surface area contributed by atoms with Crippen LogP contribution < -0.4 is 5.73 Å². The molecule has 1 aliphatic rings. The normalized spacial score (nSPS) is 29.7. The Morgan fingerprint density at radius 3 is 2.74 bits per heavy atom. The van der Waals surface area contributed by atoms with Gasteiger partial charge in [0.25, 0.3) is 0 Å². The Kier molecular flexibility index (Phi) is 5.26. The van der Waals surface area contributed by atoms with E-state index in [1.54, 1.807) is 0 Å². The first kappa shape index (κ1) is 15.3. The quantitative estimate of drug-likeness (QED) is 0.928. The van der Waals surface area contributed by atoms with E-state index in [0.29, 0.717) is 16.5 Å². The molecule has 1 aliphatic heterocycles. The summed E-state index contributed by atoms with van der Waals surface area (Å²) in [5, 5.41) is 6.60. The molecule has 0 bridgehead atoms. The molecule has 0 spiro atoms. The third-order valence-corrected chi connectivity index (χ3v) is 7.26. The van der Waals surface area contributed by atoms with Crippen molar-refractivity contribution in [2.75, 3.05) is 5.75 Å². The molecule has 0 radical (unpaired) electrons. The highest BCUT2D eigenvalue weighted by Crippen LogP contribution is 2.37. The predicted molar refractivity (Wildman–Crippen MR) is 87.1 cm³/mol. The standard InChI is InChI=1S/C14H25N3S2/c1-9(2)17-6-5-12(16-17)7-13(15)14-8-18-10(3)11(4)19-14/h5-6,9-11,13-14H,7-8,15H2,1-4H3. The van der Waals surface area contributed by atoms with Crippen molar-refractivity contribution >= 4 is 23.5 Å². The Bertz CT molecular complexity index is 405. The van der Waals surface area contributed by atoms with Crippen molar-refractivity contribution in [1.82, 2.24) is 9.78 Å². The van der Waals surface area contributed by atoms with E-state index in [1.807, 2.05) is 4.68 Å². The third kappa shape index (κ3) is 3.92. The monoisotopic (exact) mass is 299 g/mol. The number of rotatable bonds is 4. The van der Waals surface area contributed by atoms with E-state index in [9.17, 15) is 0 Å². The SMILES string of the molecule is CC1SCC(C(N)Cc2ccn(C(C)C)n2)SC1C. The molecule has 2 rings (SSSR count). The van der Waals surface area contributed by atoms with E-state index in [4.69, 9.17) is 5.73 Å². The fourth-order valence-electron chi connectivity index (χ4n) is 2.18. The Balaban J connectivity index is 1.91. The van der Waals surface area contributed by atoms with Crippen molar-refractivity contribution in [2.45, 2.75) is 61.9 Å². The van der Waals surface area contributed by atoms with Crippen molar-refractivity contribution in [1.29, 1.82) is 0 Å². The van der Waals surface area contributed by atoms with Gasteiger partial charge in [-0.15, -0.1) is 0 Å². The van der Waals surface area contributed by atoms with Gasteiger partial charge in [0.15, 0.2) is 0 Å². The molecule has 5 heteroatoms. The minimum atomic E-state index is 0.211. The first-order valence-corrected chi connectivity index (χ1v) is 9.03. The topological polar surface area (TPSA) is 43.8 Å². The molecule has 2 N–H and O–H groups in total. The highest BCUT2D eigenvalue weighted by molar-refractivity contribution is 8.07. The smallest absolute Gasteiger partial charge is 0.0640 e. The van der Waals surface area contributed by atoms with Gasteiger partial charge in [-0.1, -0.05) is 13.8 Å². The van der Waals surface area contributed by atoms with Gasteiger partial charge in [0, 0.05) is 46.2 Å². The molecule has 1 aromatic rings. The van der Waals surface area contributed by atoms with Gasteiger partial charge in [0.05, 0.1) is 5.69 Å². The minimum Gasteiger partial charge on any atom is -0.326 e. The van der Waals surface area contributed by atoms with Crippen LogP contribution in [0.5, 0.6) is 0 Å². The highest BCUT2D eigenvalue weighted by Gasteiger charge is 2.29. The van der Waals surface area contributed by atoms with Crippen LogP contribution in [0.15, 0.2) is 12.3 Å². The van der Waals surface area contributed by atoms with Gasteiger partial charge in [0.1, 0.15) is 0 Å². The molecule has 1 aromatic heterocycles. The van der Waals surface area contributed by atoms with Gasteiger partial charge in [-0.3, -0.25) is 4.68 Å². The van der Waals surface area contributed by atoms with E-state index in [2.05, 4.69) is 68.6 Å². The Morgan fingerprint density at radius 2 is 2.16 bits per heavy atom. The zero-order valence-corrected chi connectivity index (χ0v) is 13.9. The lowest BCUT2D eigenvalue weighted by molar-refractivity contribution is 0.521. The van der Waals surface area contributed by atoms with Gasteiger partial charge >= 0.3 is 0 Å². The molecule has 19 heavy (non-hydrogen) atoms. The van der Waals surface area contributed by atoms with Crippen LogP contribution in [-0.2, 0) is 6.42 Å². The molecule has 0 aromatic carbocycles. The number of nitrogens with two attached hydrogens (primary N) is 1. The summed E-state index contributed by atoms with van der Waals surface area (Å²) in [4.78, 5) is 0. The van der Waals surface area contributed by atoms with Crippen LogP contribution in [0.3, 0.4) is 0 Å². The summed E-state index contributed by atoms with van der Waals surface area (Å²) in [6.07, 6.45) is 2.94. The van der Waals surface area contributed by atoms with Crippen LogP contribution in [-0.4, -0.2) is 37.3 Å². The molecular formula is C14H25N3S2. The second kappa shape index (κ2) is 6.55. The summed E-state index contributed by atoms with van der Waals surface area (Å²) in [5.41, 5.74) is 7.51. The lowest BCUT2D eigenvalue weighted by Gasteiger charge is -2.34. The van der Waals surface area contributed by atoms with Crippen LogP contribution in [0.1, 0.15) is 39.4 Å². The van der Waals surface area contributed by atoms with Crippen LogP contribution in [0.4, 0.5) is 0 Å². The Labute approximate surface area is 125 Å². The van der Waals surface area contributed by atoms with E-state index >= 15 is 0 Å². The molecule has 2 heterocycles. The molecule has 108 valence electrons. The molecule has 0 amide bonds. The van der Waals surface area contributed by atoms with Gasteiger partial charge < -0.3 is 5.73 Å². The third-order valence-electron chi connectivity index (χ3n) is 3.69. The Morgan fingerprint density at radius 1 is 1.42 bits per heavy atom. The molecule has 1 fully saturated rings. The van der Waals surface area contributed by atoms with Crippen LogP contribution in [0.25, 0.3) is 0 Å². The van der Waals surface area contributed by atoms with Gasteiger partial charge in [-0.05, 0) is 19.9 Å². The van der Waals surface area contributed by atoms with E-state index in [-0.39, 0.29) is 6.04 Å². The van der Waals surface area contributed by atoms with Crippen molar-refractivity contribution < 1.29 is 0 Å². The minimum absolute atomic E-state index is 0.211. The lowest BCUT2D eigenvalue weighted by atomic mass is 10.1. The second-order valence-electron chi connectivity index (χ2n) is 5.67. The number of hydrogen-bond donors (Lipinski definition) is 1. The van der Waals surface area contributed by atoms with Gasteiger partial charge in [-0.25, -0.2) is 0 Å². The maximum atomic E-state index is 6.39. The fraction of sp³-hybridized carbons (Fsp3) is 0.786.